The van der Waals surface area contributed by atoms with E-state index in [1.54, 1.807) is 6.92 Å². The number of amides is 2. The van der Waals surface area contributed by atoms with Crippen LogP contribution in [-0.2, 0) is 20.9 Å². The quantitative estimate of drug-likeness (QED) is 0.535. The molecule has 0 radical (unpaired) electrons. The largest absolute Gasteiger partial charge is 0.445 e. The van der Waals surface area contributed by atoms with Crippen molar-refractivity contribution in [1.29, 1.82) is 0 Å². The molecule has 2 amide bonds. The number of benzene rings is 1. The van der Waals surface area contributed by atoms with Crippen LogP contribution < -0.4 is 10.6 Å². The van der Waals surface area contributed by atoms with E-state index >= 15 is 0 Å². The van der Waals surface area contributed by atoms with Gasteiger partial charge in [-0.1, -0.05) is 78.8 Å². The average Bonchev–Trinajstić information content (AvgIpc) is 2.72. The molecular weight excluding hydrogens is 380 g/mol. The second-order valence-electron chi connectivity index (χ2n) is 7.90. The van der Waals surface area contributed by atoms with Crippen molar-refractivity contribution in [2.24, 2.45) is 11.8 Å². The molecule has 1 rings (SSSR count). The van der Waals surface area contributed by atoms with E-state index in [1.807, 2.05) is 71.9 Å². The van der Waals surface area contributed by atoms with E-state index in [0.29, 0.717) is 19.3 Å². The van der Waals surface area contributed by atoms with Crippen LogP contribution in [0.2, 0.25) is 0 Å². The lowest BCUT2D eigenvalue weighted by atomic mass is 9.97. The highest BCUT2D eigenvalue weighted by molar-refractivity contribution is 5.92. The molecule has 6 heteroatoms. The number of ketones is 1. The van der Waals surface area contributed by atoms with Gasteiger partial charge in [0.1, 0.15) is 12.6 Å². The fraction of sp³-hybridized carbons (Fsp3) is 0.625. The molecule has 2 atom stereocenters. The highest BCUT2D eigenvalue weighted by atomic mass is 16.5. The summed E-state index contributed by atoms with van der Waals surface area (Å²) < 4.78 is 5.23. The van der Waals surface area contributed by atoms with Gasteiger partial charge in [0.2, 0.25) is 5.91 Å². The van der Waals surface area contributed by atoms with E-state index in [4.69, 9.17) is 4.74 Å². The fourth-order valence-electron chi connectivity index (χ4n) is 2.87. The smallest absolute Gasteiger partial charge is 0.408 e. The second kappa shape index (κ2) is 15.5. The number of rotatable bonds is 11. The molecule has 0 fully saturated rings. The molecule has 0 aromatic heterocycles. The summed E-state index contributed by atoms with van der Waals surface area (Å²) in [5, 5.41) is 5.47. The Morgan fingerprint density at radius 3 is 1.90 bits per heavy atom. The lowest BCUT2D eigenvalue weighted by molar-refractivity contribution is -0.129. The van der Waals surface area contributed by atoms with Gasteiger partial charge >= 0.3 is 6.09 Å². The molecule has 2 N–H and O–H groups in total. The van der Waals surface area contributed by atoms with Crippen LogP contribution >= 0.6 is 0 Å². The number of nitrogens with one attached hydrogen (secondary N) is 2. The third kappa shape index (κ3) is 11.6. The van der Waals surface area contributed by atoms with Gasteiger partial charge in [-0.25, -0.2) is 4.79 Å². The summed E-state index contributed by atoms with van der Waals surface area (Å²) in [5.41, 5.74) is 0.869. The minimum Gasteiger partial charge on any atom is -0.445 e. The first-order valence-corrected chi connectivity index (χ1v) is 11.0. The molecule has 30 heavy (non-hydrogen) atoms. The zero-order chi connectivity index (χ0) is 23.1. The van der Waals surface area contributed by atoms with Gasteiger partial charge < -0.3 is 15.4 Å². The predicted octanol–water partition coefficient (Wildman–Crippen LogP) is 4.86. The highest BCUT2D eigenvalue weighted by Gasteiger charge is 2.27. The van der Waals surface area contributed by atoms with Crippen LogP contribution in [-0.4, -0.2) is 29.9 Å². The summed E-state index contributed by atoms with van der Waals surface area (Å²) in [6.45, 7) is 13.9. The van der Waals surface area contributed by atoms with Crippen LogP contribution in [0.5, 0.6) is 0 Å². The molecule has 0 aliphatic carbocycles. The van der Waals surface area contributed by atoms with Gasteiger partial charge in [-0.05, 0) is 30.2 Å². The molecule has 0 saturated carbocycles. The maximum Gasteiger partial charge on any atom is 0.408 e. The van der Waals surface area contributed by atoms with Crippen LogP contribution in [0.1, 0.15) is 73.3 Å². The van der Waals surface area contributed by atoms with Crippen LogP contribution in [0.25, 0.3) is 0 Å². The normalized spacial score (nSPS) is 12.4. The Morgan fingerprint density at radius 1 is 0.867 bits per heavy atom. The van der Waals surface area contributed by atoms with Gasteiger partial charge in [-0.3, -0.25) is 9.59 Å². The van der Waals surface area contributed by atoms with Gasteiger partial charge in [0.25, 0.3) is 0 Å². The summed E-state index contributed by atoms with van der Waals surface area (Å²) in [5.74, 6) is 0.110. The number of ether oxygens (including phenoxy) is 1. The Balaban J connectivity index is 0.00000407. The zero-order valence-corrected chi connectivity index (χ0v) is 19.7. The van der Waals surface area contributed by atoms with Crippen LogP contribution in [0.4, 0.5) is 4.79 Å². The third-order valence-corrected chi connectivity index (χ3v) is 4.29. The fourth-order valence-corrected chi connectivity index (χ4v) is 2.87. The number of alkyl carbamates (subject to hydrolysis) is 1. The Kier molecular flexibility index (Phi) is 14.2. The van der Waals surface area contributed by atoms with E-state index in [0.717, 1.165) is 5.56 Å². The molecule has 0 spiro atoms. The minimum atomic E-state index is -0.748. The Hall–Kier alpha value is -2.37. The summed E-state index contributed by atoms with van der Waals surface area (Å²) in [7, 11) is 0. The van der Waals surface area contributed by atoms with E-state index in [9.17, 15) is 14.4 Å². The topological polar surface area (TPSA) is 84.5 Å². The number of hydrogen-bond donors (Lipinski definition) is 2. The summed E-state index contributed by atoms with van der Waals surface area (Å²) in [6, 6.07) is 8.06. The molecule has 1 aromatic carbocycles. The van der Waals surface area contributed by atoms with Crippen molar-refractivity contribution in [2.75, 3.05) is 0 Å². The maximum atomic E-state index is 12.8. The first kappa shape index (κ1) is 27.6. The zero-order valence-electron chi connectivity index (χ0n) is 19.7. The molecule has 0 unspecified atom stereocenters. The highest BCUT2D eigenvalue weighted by Crippen LogP contribution is 2.11. The first-order valence-electron chi connectivity index (χ1n) is 11.0. The maximum absolute atomic E-state index is 12.8. The average molecular weight is 421 g/mol. The van der Waals surface area contributed by atoms with Gasteiger partial charge in [0, 0.05) is 6.42 Å². The van der Waals surface area contributed by atoms with Crippen LogP contribution in [0.3, 0.4) is 0 Å². The molecule has 6 nitrogen and oxygen atoms in total. The molecule has 0 heterocycles. The van der Waals surface area contributed by atoms with Crippen molar-refractivity contribution >= 4 is 17.8 Å². The number of hydrogen-bond acceptors (Lipinski definition) is 4. The number of carbonyl (C=O) groups excluding carboxylic acids is 3. The Labute approximate surface area is 182 Å². The molecular formula is C24H40N2O4. The SMILES string of the molecule is CC.CCC(=O)[C@H](CC(C)C)NC(=O)[C@H](CC(C)C)NC(=O)OCc1ccccc1. The predicted molar refractivity (Wildman–Crippen MR) is 121 cm³/mol. The van der Waals surface area contributed by atoms with Gasteiger partial charge in [0.15, 0.2) is 5.78 Å². The monoisotopic (exact) mass is 420 g/mol. The lowest BCUT2D eigenvalue weighted by Gasteiger charge is -2.24. The van der Waals surface area contributed by atoms with E-state index in [1.165, 1.54) is 0 Å². The van der Waals surface area contributed by atoms with Crippen LogP contribution in [0, 0.1) is 11.8 Å². The molecule has 170 valence electrons. The second-order valence-corrected chi connectivity index (χ2v) is 7.90. The third-order valence-electron chi connectivity index (χ3n) is 4.29. The van der Waals surface area contributed by atoms with E-state index in [-0.39, 0.29) is 30.1 Å². The summed E-state index contributed by atoms with van der Waals surface area (Å²) in [4.78, 5) is 37.1. The van der Waals surface area contributed by atoms with Crippen LogP contribution in [0.15, 0.2) is 30.3 Å². The standard InChI is InChI=1S/C22H34N2O4.C2H6/c1-6-20(25)18(12-15(2)3)23-21(26)19(13-16(4)5)24-22(27)28-14-17-10-8-7-9-11-17;1-2/h7-11,15-16,18-19H,6,12-14H2,1-5H3,(H,23,26)(H,24,27);1-2H3/t18-,19-;/m0./s1. The number of carbonyl (C=O) groups is 3. The van der Waals surface area contributed by atoms with Crippen molar-refractivity contribution in [3.63, 3.8) is 0 Å². The Bertz CT molecular complexity index is 629. The molecule has 0 saturated heterocycles. The molecule has 1 aromatic rings. The first-order chi connectivity index (χ1) is 14.2. The van der Waals surface area contributed by atoms with Gasteiger partial charge in [-0.2, -0.15) is 0 Å². The van der Waals surface area contributed by atoms with Crippen molar-refractivity contribution in [3.05, 3.63) is 35.9 Å². The van der Waals surface area contributed by atoms with E-state index in [2.05, 4.69) is 10.6 Å². The van der Waals surface area contributed by atoms with E-state index < -0.39 is 18.2 Å². The number of Topliss-reactive ketones (excluding diaryl/α,β-unsaturated/α-hetero) is 1. The van der Waals surface area contributed by atoms with Gasteiger partial charge in [-0.15, -0.1) is 0 Å². The van der Waals surface area contributed by atoms with Crippen molar-refractivity contribution in [2.45, 2.75) is 86.4 Å². The van der Waals surface area contributed by atoms with Crippen molar-refractivity contribution < 1.29 is 19.1 Å². The lowest BCUT2D eigenvalue weighted by Crippen LogP contribution is -2.52. The molecule has 0 aliphatic heterocycles. The van der Waals surface area contributed by atoms with Crippen molar-refractivity contribution in [3.8, 4) is 0 Å². The van der Waals surface area contributed by atoms with Crippen molar-refractivity contribution in [1.82, 2.24) is 10.6 Å². The summed E-state index contributed by atoms with van der Waals surface area (Å²) in [6.07, 6.45) is 0.748. The minimum absolute atomic E-state index is 0.00278. The Morgan fingerprint density at radius 2 is 1.40 bits per heavy atom. The van der Waals surface area contributed by atoms with Gasteiger partial charge in [0.05, 0.1) is 6.04 Å². The summed E-state index contributed by atoms with van der Waals surface area (Å²) >= 11 is 0. The molecule has 0 aliphatic rings. The molecule has 0 bridgehead atoms.